The van der Waals surface area contributed by atoms with Crippen LogP contribution < -0.4 is 0 Å². The van der Waals surface area contributed by atoms with Gasteiger partial charge in [0.25, 0.3) is 0 Å². The van der Waals surface area contributed by atoms with Crippen LogP contribution in [0.15, 0.2) is 12.2 Å². The average Bonchev–Trinajstić information content (AvgIpc) is 2.57. The number of carbonyl (C=O) groups is 2. The molecule has 1 fully saturated rings. The standard InChI is InChI=1S/C17H29NO5/c1-15(2,3)22-13(19)10-9-12-11-21-17(7,8)18(12)14(20)23-16(4,5)6/h9-10,12H,11H2,1-8H3/b10-9+. The van der Waals surface area contributed by atoms with Gasteiger partial charge in [-0.15, -0.1) is 0 Å². The lowest BCUT2D eigenvalue weighted by Crippen LogP contribution is -2.49. The van der Waals surface area contributed by atoms with Gasteiger partial charge in [0, 0.05) is 6.08 Å². The van der Waals surface area contributed by atoms with Crippen LogP contribution in [-0.2, 0) is 19.0 Å². The minimum Gasteiger partial charge on any atom is -0.457 e. The first-order chi connectivity index (χ1) is 10.2. The van der Waals surface area contributed by atoms with Crippen LogP contribution in [0.25, 0.3) is 0 Å². The summed E-state index contributed by atoms with van der Waals surface area (Å²) in [5.41, 5.74) is -1.96. The predicted octanol–water partition coefficient (Wildman–Crippen LogP) is 3.26. The van der Waals surface area contributed by atoms with Crippen LogP contribution in [0.3, 0.4) is 0 Å². The van der Waals surface area contributed by atoms with Gasteiger partial charge >= 0.3 is 12.1 Å². The van der Waals surface area contributed by atoms with Crippen molar-refractivity contribution in [3.05, 3.63) is 12.2 Å². The molecule has 132 valence electrons. The van der Waals surface area contributed by atoms with Crippen LogP contribution in [0.4, 0.5) is 4.79 Å². The number of hydrogen-bond donors (Lipinski definition) is 0. The zero-order chi connectivity index (χ0) is 18.1. The van der Waals surface area contributed by atoms with Crippen molar-refractivity contribution in [3.8, 4) is 0 Å². The molecule has 0 aromatic rings. The SMILES string of the molecule is CC(C)(C)OC(=O)/C=C/C1COC(C)(C)N1C(=O)OC(C)(C)C. The summed E-state index contributed by atoms with van der Waals surface area (Å²) in [6.45, 7) is 14.7. The van der Waals surface area contributed by atoms with Crippen LogP contribution in [0.1, 0.15) is 55.4 Å². The molecule has 6 heteroatoms. The summed E-state index contributed by atoms with van der Waals surface area (Å²) in [6, 6.07) is -0.382. The number of ether oxygens (including phenoxy) is 3. The van der Waals surface area contributed by atoms with Gasteiger partial charge in [0.15, 0.2) is 0 Å². The third-order valence-electron chi connectivity index (χ3n) is 2.97. The van der Waals surface area contributed by atoms with Gasteiger partial charge < -0.3 is 14.2 Å². The Morgan fingerprint density at radius 2 is 1.61 bits per heavy atom. The van der Waals surface area contributed by atoms with Crippen molar-refractivity contribution >= 4 is 12.1 Å². The van der Waals surface area contributed by atoms with Gasteiger partial charge in [-0.1, -0.05) is 6.08 Å². The molecule has 1 atom stereocenters. The van der Waals surface area contributed by atoms with Crippen LogP contribution in [0.5, 0.6) is 0 Å². The first-order valence-corrected chi connectivity index (χ1v) is 7.79. The number of nitrogens with zero attached hydrogens (tertiary/aromatic N) is 1. The molecule has 1 amide bonds. The predicted molar refractivity (Wildman–Crippen MR) is 86.9 cm³/mol. The number of hydrogen-bond acceptors (Lipinski definition) is 5. The van der Waals surface area contributed by atoms with Crippen molar-refractivity contribution in [2.24, 2.45) is 0 Å². The second-order valence-corrected chi connectivity index (χ2v) is 8.07. The Balaban J connectivity index is 2.85. The van der Waals surface area contributed by atoms with E-state index >= 15 is 0 Å². The minimum atomic E-state index is -0.800. The normalized spacial score (nSPS) is 21.6. The fourth-order valence-electron chi connectivity index (χ4n) is 2.17. The lowest BCUT2D eigenvalue weighted by Gasteiger charge is -2.34. The quantitative estimate of drug-likeness (QED) is 0.575. The van der Waals surface area contributed by atoms with Gasteiger partial charge in [0.1, 0.15) is 16.9 Å². The molecule has 0 N–H and O–H groups in total. The van der Waals surface area contributed by atoms with Crippen LogP contribution >= 0.6 is 0 Å². The summed E-state index contributed by atoms with van der Waals surface area (Å²) in [5.74, 6) is -0.452. The third kappa shape index (κ3) is 6.22. The lowest BCUT2D eigenvalue weighted by molar-refractivity contribution is -0.148. The second-order valence-electron chi connectivity index (χ2n) is 8.07. The number of rotatable bonds is 2. The molecule has 0 saturated carbocycles. The van der Waals surface area contributed by atoms with E-state index in [9.17, 15) is 9.59 Å². The van der Waals surface area contributed by atoms with Gasteiger partial charge in [-0.3, -0.25) is 4.90 Å². The smallest absolute Gasteiger partial charge is 0.413 e. The van der Waals surface area contributed by atoms with E-state index in [2.05, 4.69) is 0 Å². The molecule has 0 spiro atoms. The fraction of sp³-hybridized carbons (Fsp3) is 0.765. The maximum atomic E-state index is 12.4. The van der Waals surface area contributed by atoms with E-state index in [1.807, 2.05) is 0 Å². The molecule has 1 aliphatic rings. The summed E-state index contributed by atoms with van der Waals surface area (Å²) in [7, 11) is 0. The largest absolute Gasteiger partial charge is 0.457 e. The van der Waals surface area contributed by atoms with E-state index in [0.29, 0.717) is 6.61 Å². The van der Waals surface area contributed by atoms with E-state index < -0.39 is 29.0 Å². The van der Waals surface area contributed by atoms with Crippen molar-refractivity contribution in [1.29, 1.82) is 0 Å². The highest BCUT2D eigenvalue weighted by molar-refractivity contribution is 5.82. The Kier molecular flexibility index (Phi) is 5.52. The molecule has 0 aromatic heterocycles. The summed E-state index contributed by atoms with van der Waals surface area (Å²) >= 11 is 0. The van der Waals surface area contributed by atoms with Crippen LogP contribution in [0, 0.1) is 0 Å². The maximum absolute atomic E-state index is 12.4. The van der Waals surface area contributed by atoms with Crippen molar-refractivity contribution in [2.75, 3.05) is 6.61 Å². The molecule has 1 aliphatic heterocycles. The monoisotopic (exact) mass is 327 g/mol. The molecule has 0 aromatic carbocycles. The van der Waals surface area contributed by atoms with E-state index in [-0.39, 0.29) is 6.04 Å². The van der Waals surface area contributed by atoms with Crippen molar-refractivity contribution in [3.63, 3.8) is 0 Å². The fourth-order valence-corrected chi connectivity index (χ4v) is 2.17. The average molecular weight is 327 g/mol. The number of esters is 1. The van der Waals surface area contributed by atoms with Crippen LogP contribution in [0.2, 0.25) is 0 Å². The topological polar surface area (TPSA) is 65.1 Å². The van der Waals surface area contributed by atoms with Gasteiger partial charge in [-0.05, 0) is 55.4 Å². The lowest BCUT2D eigenvalue weighted by atomic mass is 10.2. The van der Waals surface area contributed by atoms with E-state index in [4.69, 9.17) is 14.2 Å². The van der Waals surface area contributed by atoms with Gasteiger partial charge in [-0.25, -0.2) is 9.59 Å². The Hall–Kier alpha value is -1.56. The molecule has 0 bridgehead atoms. The summed E-state index contributed by atoms with van der Waals surface area (Å²) in [4.78, 5) is 25.7. The summed E-state index contributed by atoms with van der Waals surface area (Å²) < 4.78 is 16.3. The molecule has 1 heterocycles. The van der Waals surface area contributed by atoms with Crippen molar-refractivity contribution in [1.82, 2.24) is 4.90 Å². The molecular formula is C17H29NO5. The Labute approximate surface area is 138 Å². The molecule has 0 radical (unpaired) electrons. The van der Waals surface area contributed by atoms with Gasteiger partial charge in [0.05, 0.1) is 12.6 Å². The number of amides is 1. The molecule has 23 heavy (non-hydrogen) atoms. The van der Waals surface area contributed by atoms with E-state index in [1.54, 1.807) is 61.5 Å². The molecule has 6 nitrogen and oxygen atoms in total. The summed E-state index contributed by atoms with van der Waals surface area (Å²) in [5, 5.41) is 0. The first kappa shape index (κ1) is 19.5. The van der Waals surface area contributed by atoms with Gasteiger partial charge in [-0.2, -0.15) is 0 Å². The molecular weight excluding hydrogens is 298 g/mol. The number of carbonyl (C=O) groups excluding carboxylic acids is 2. The molecule has 1 rings (SSSR count). The Morgan fingerprint density at radius 1 is 1.09 bits per heavy atom. The minimum absolute atomic E-state index is 0.297. The van der Waals surface area contributed by atoms with Crippen LogP contribution in [-0.4, -0.2) is 46.5 Å². The molecule has 0 aliphatic carbocycles. The Bertz CT molecular complexity index is 482. The van der Waals surface area contributed by atoms with E-state index in [1.165, 1.54) is 11.0 Å². The maximum Gasteiger partial charge on any atom is 0.413 e. The summed E-state index contributed by atoms with van der Waals surface area (Å²) in [6.07, 6.45) is 2.48. The van der Waals surface area contributed by atoms with Crippen molar-refractivity contribution < 1.29 is 23.8 Å². The second kappa shape index (κ2) is 6.51. The highest BCUT2D eigenvalue weighted by Crippen LogP contribution is 2.30. The zero-order valence-electron chi connectivity index (χ0n) is 15.4. The highest BCUT2D eigenvalue weighted by Gasteiger charge is 2.44. The van der Waals surface area contributed by atoms with E-state index in [0.717, 1.165) is 0 Å². The first-order valence-electron chi connectivity index (χ1n) is 7.79. The molecule has 1 unspecified atom stereocenters. The zero-order valence-corrected chi connectivity index (χ0v) is 15.4. The van der Waals surface area contributed by atoms with Gasteiger partial charge in [0.2, 0.25) is 0 Å². The third-order valence-corrected chi connectivity index (χ3v) is 2.97. The van der Waals surface area contributed by atoms with Crippen molar-refractivity contribution in [2.45, 2.75) is 78.4 Å². The highest BCUT2D eigenvalue weighted by atomic mass is 16.6. The molecule has 1 saturated heterocycles. The Morgan fingerprint density at radius 3 is 2.09 bits per heavy atom.